The quantitative estimate of drug-likeness (QED) is 0.352. The van der Waals surface area contributed by atoms with E-state index < -0.39 is 17.8 Å². The maximum absolute atomic E-state index is 12.7. The lowest BCUT2D eigenvalue weighted by Gasteiger charge is -2.34. The first-order chi connectivity index (χ1) is 17.8. The second kappa shape index (κ2) is 10.9. The van der Waals surface area contributed by atoms with E-state index in [-0.39, 0.29) is 43.2 Å². The molecule has 1 aliphatic heterocycles. The molecule has 4 rings (SSSR count). The molecule has 2 amide bonds. The Morgan fingerprint density at radius 1 is 1.16 bits per heavy atom. The van der Waals surface area contributed by atoms with E-state index in [9.17, 15) is 19.6 Å². The van der Waals surface area contributed by atoms with Crippen molar-refractivity contribution < 1.29 is 19.1 Å². The first kappa shape index (κ1) is 25.3. The van der Waals surface area contributed by atoms with Crippen LogP contribution < -0.4 is 16.0 Å². The van der Waals surface area contributed by atoms with Gasteiger partial charge >= 0.3 is 17.8 Å². The Balaban J connectivity index is 1.37. The Labute approximate surface area is 215 Å². The second-order valence-electron chi connectivity index (χ2n) is 7.69. The van der Waals surface area contributed by atoms with Crippen molar-refractivity contribution in [3.63, 3.8) is 0 Å². The van der Waals surface area contributed by atoms with E-state index in [1.54, 1.807) is 30.2 Å². The molecule has 3 aromatic rings. The molecule has 1 fully saturated rings. The number of nitrogens with two attached hydrogens (primary N) is 1. The van der Waals surface area contributed by atoms with Gasteiger partial charge in [0, 0.05) is 43.5 Å². The number of aromatic nitrogens is 5. The summed E-state index contributed by atoms with van der Waals surface area (Å²) in [6, 6.07) is 8.29. The van der Waals surface area contributed by atoms with Gasteiger partial charge < -0.3 is 25.6 Å². The number of piperazine rings is 1. The van der Waals surface area contributed by atoms with Crippen LogP contribution >= 0.6 is 11.6 Å². The zero-order chi connectivity index (χ0) is 26.5. The van der Waals surface area contributed by atoms with Crippen molar-refractivity contribution in [2.75, 3.05) is 48.7 Å². The van der Waals surface area contributed by atoms with Gasteiger partial charge in [0.05, 0.1) is 17.9 Å². The van der Waals surface area contributed by atoms with E-state index in [1.165, 1.54) is 21.7 Å². The van der Waals surface area contributed by atoms with Crippen LogP contribution in [0, 0.1) is 11.3 Å². The zero-order valence-corrected chi connectivity index (χ0v) is 20.3. The lowest BCUT2D eigenvalue weighted by Crippen LogP contribution is -2.52. The largest absolute Gasteiger partial charge is 0.460 e. The number of esters is 1. The summed E-state index contributed by atoms with van der Waals surface area (Å²) in [5, 5.41) is 16.4. The Hall–Kier alpha value is -4.77. The average molecular weight is 525 g/mol. The molecule has 0 saturated carbocycles. The summed E-state index contributed by atoms with van der Waals surface area (Å²) in [7, 11) is 0. The molecule has 15 heteroatoms. The number of nitrogen functional groups attached to an aromatic ring is 1. The maximum Gasteiger partial charge on any atom is 0.376 e. The van der Waals surface area contributed by atoms with Crippen LogP contribution in [0.25, 0.3) is 5.69 Å². The number of benzene rings is 1. The fourth-order valence-electron chi connectivity index (χ4n) is 3.55. The third-order valence-electron chi connectivity index (χ3n) is 5.30. The van der Waals surface area contributed by atoms with Gasteiger partial charge in [0.15, 0.2) is 5.82 Å². The lowest BCUT2D eigenvalue weighted by molar-refractivity contribution is -0.143. The molecule has 0 aliphatic carbocycles. The van der Waals surface area contributed by atoms with Crippen LogP contribution in [0.5, 0.6) is 0 Å². The van der Waals surface area contributed by atoms with Crippen LogP contribution in [0.1, 0.15) is 23.1 Å². The molecule has 0 spiro atoms. The Bertz CT molecular complexity index is 1390. The number of nitriles is 1. The van der Waals surface area contributed by atoms with E-state index in [4.69, 9.17) is 22.1 Å². The van der Waals surface area contributed by atoms with Crippen LogP contribution in [-0.4, -0.2) is 80.2 Å². The number of hydrogen-bond donors (Lipinski definition) is 2. The molecule has 0 atom stereocenters. The smallest absolute Gasteiger partial charge is 0.376 e. The molecule has 1 aliphatic rings. The molecule has 0 unspecified atom stereocenters. The molecule has 3 heterocycles. The van der Waals surface area contributed by atoms with Gasteiger partial charge in [-0.25, -0.2) is 9.48 Å². The number of nitrogens with zero attached hydrogens (tertiary/aromatic N) is 8. The summed E-state index contributed by atoms with van der Waals surface area (Å²) in [5.74, 6) is -2.33. The minimum Gasteiger partial charge on any atom is -0.460 e. The summed E-state index contributed by atoms with van der Waals surface area (Å²) in [5.41, 5.74) is 6.48. The topological polar surface area (TPSA) is 185 Å². The van der Waals surface area contributed by atoms with Gasteiger partial charge in [0.25, 0.3) is 0 Å². The number of anilines is 3. The molecule has 1 aromatic carbocycles. The molecule has 2 aromatic heterocycles. The third kappa shape index (κ3) is 5.73. The van der Waals surface area contributed by atoms with Gasteiger partial charge in [-0.1, -0.05) is 11.6 Å². The Morgan fingerprint density at radius 3 is 2.62 bits per heavy atom. The van der Waals surface area contributed by atoms with Crippen molar-refractivity contribution in [3.05, 3.63) is 46.9 Å². The van der Waals surface area contributed by atoms with E-state index in [2.05, 4.69) is 25.4 Å². The first-order valence-electron chi connectivity index (χ1n) is 11.1. The highest BCUT2D eigenvalue weighted by atomic mass is 35.5. The number of amides is 2. The molecule has 37 heavy (non-hydrogen) atoms. The highest BCUT2D eigenvalue weighted by Gasteiger charge is 2.28. The van der Waals surface area contributed by atoms with Gasteiger partial charge in [0.1, 0.15) is 6.07 Å². The second-order valence-corrected chi connectivity index (χ2v) is 8.13. The molecular formula is C22H21ClN10O4. The number of rotatable bonds is 5. The zero-order valence-electron chi connectivity index (χ0n) is 19.6. The molecule has 1 saturated heterocycles. The van der Waals surface area contributed by atoms with Gasteiger partial charge in [0.2, 0.25) is 17.7 Å². The van der Waals surface area contributed by atoms with E-state index in [0.29, 0.717) is 29.4 Å². The van der Waals surface area contributed by atoms with E-state index in [1.807, 2.05) is 6.07 Å². The summed E-state index contributed by atoms with van der Waals surface area (Å²) in [6.45, 7) is 2.82. The molecule has 14 nitrogen and oxygen atoms in total. The predicted octanol–water partition coefficient (Wildman–Crippen LogP) is 0.629. The van der Waals surface area contributed by atoms with Gasteiger partial charge in [-0.2, -0.15) is 20.2 Å². The lowest BCUT2D eigenvalue weighted by atomic mass is 10.2. The molecule has 0 bridgehead atoms. The fraction of sp³-hybridized carbons (Fsp3) is 0.273. The first-order valence-corrected chi connectivity index (χ1v) is 11.5. The Kier molecular flexibility index (Phi) is 7.44. The normalized spacial score (nSPS) is 13.1. The van der Waals surface area contributed by atoms with E-state index >= 15 is 0 Å². The summed E-state index contributed by atoms with van der Waals surface area (Å²) in [6.07, 6.45) is 1.55. The van der Waals surface area contributed by atoms with Crippen molar-refractivity contribution in [1.29, 1.82) is 5.26 Å². The van der Waals surface area contributed by atoms with Gasteiger partial charge in [-0.15, -0.1) is 5.10 Å². The third-order valence-corrected chi connectivity index (χ3v) is 5.53. The standard InChI is InChI=1S/C22H21ClN10O4/c1-2-37-20(36)17-27-21(25)29-22(28-17)32-9-7-31(8-10-32)19(35)18(34)26-16-5-6-33(30-16)15-4-3-14(23)11-13(15)12-24/h3-6,11H,2,7-10H2,1H3,(H,26,30,34)(H2,25,27,28,29). The van der Waals surface area contributed by atoms with Gasteiger partial charge in [-0.05, 0) is 25.1 Å². The average Bonchev–Trinajstić information content (AvgIpc) is 3.36. The summed E-state index contributed by atoms with van der Waals surface area (Å²) < 4.78 is 6.30. The highest BCUT2D eigenvalue weighted by molar-refractivity contribution is 6.39. The van der Waals surface area contributed by atoms with Crippen molar-refractivity contribution in [2.24, 2.45) is 0 Å². The minimum atomic E-state index is -0.857. The number of nitrogens with one attached hydrogen (secondary N) is 1. The minimum absolute atomic E-state index is 0.133. The highest BCUT2D eigenvalue weighted by Crippen LogP contribution is 2.20. The summed E-state index contributed by atoms with van der Waals surface area (Å²) >= 11 is 5.93. The number of ether oxygens (including phenoxy) is 1. The van der Waals surface area contributed by atoms with E-state index in [0.717, 1.165) is 0 Å². The number of hydrogen-bond acceptors (Lipinski definition) is 11. The number of carbonyl (C=O) groups is 3. The van der Waals surface area contributed by atoms with Crippen molar-refractivity contribution in [3.8, 4) is 11.8 Å². The van der Waals surface area contributed by atoms with Crippen LogP contribution in [0.3, 0.4) is 0 Å². The monoisotopic (exact) mass is 524 g/mol. The van der Waals surface area contributed by atoms with Crippen LogP contribution in [0.2, 0.25) is 5.02 Å². The molecule has 190 valence electrons. The molecule has 0 radical (unpaired) electrons. The number of carbonyl (C=O) groups excluding carboxylic acids is 3. The van der Waals surface area contributed by atoms with Crippen molar-refractivity contribution in [1.82, 2.24) is 29.6 Å². The fourth-order valence-corrected chi connectivity index (χ4v) is 3.73. The van der Waals surface area contributed by atoms with Crippen molar-refractivity contribution in [2.45, 2.75) is 6.92 Å². The predicted molar refractivity (Wildman–Crippen MR) is 131 cm³/mol. The Morgan fingerprint density at radius 2 is 1.92 bits per heavy atom. The SMILES string of the molecule is CCOC(=O)c1nc(N)nc(N2CCN(C(=O)C(=O)Nc3ccn(-c4ccc(Cl)cc4C#N)n3)CC2)n1. The van der Waals surface area contributed by atoms with Crippen molar-refractivity contribution >= 4 is 47.1 Å². The molecule has 3 N–H and O–H groups in total. The summed E-state index contributed by atoms with van der Waals surface area (Å²) in [4.78, 5) is 52.3. The van der Waals surface area contributed by atoms with Gasteiger partial charge in [-0.3, -0.25) is 9.59 Å². The maximum atomic E-state index is 12.7. The van der Waals surface area contributed by atoms with Crippen LogP contribution in [0.4, 0.5) is 17.7 Å². The van der Waals surface area contributed by atoms with Crippen LogP contribution in [0.15, 0.2) is 30.5 Å². The van der Waals surface area contributed by atoms with Crippen LogP contribution in [-0.2, 0) is 14.3 Å². The number of halogens is 1. The molecular weight excluding hydrogens is 504 g/mol.